The summed E-state index contributed by atoms with van der Waals surface area (Å²) in [6.07, 6.45) is 7.16. The molecule has 0 heterocycles. The molecular weight excluding hydrogens is 384 g/mol. The Morgan fingerprint density at radius 3 is 2.03 bits per heavy atom. The molecule has 0 radical (unpaired) electrons. The molecule has 0 saturated heterocycles. The van der Waals surface area contributed by atoms with E-state index in [0.717, 1.165) is 6.42 Å². The number of hydrogen-bond acceptors (Lipinski definition) is 2. The van der Waals surface area contributed by atoms with Crippen molar-refractivity contribution >= 4 is 18.7 Å². The first-order valence-corrected chi connectivity index (χ1v) is 13.7. The Labute approximate surface area is 182 Å². The molecule has 0 amide bonds. The first kappa shape index (κ1) is 20.5. The summed E-state index contributed by atoms with van der Waals surface area (Å²) in [6.45, 7) is 7.70. The van der Waals surface area contributed by atoms with Crippen molar-refractivity contribution in [2.75, 3.05) is 6.61 Å². The van der Waals surface area contributed by atoms with Gasteiger partial charge in [0.25, 0.3) is 8.32 Å². The van der Waals surface area contributed by atoms with Crippen LogP contribution in [-0.2, 0) is 4.43 Å². The molecule has 2 aromatic carbocycles. The molecule has 3 aliphatic rings. The number of hydrogen-bond donors (Lipinski definition) is 1. The zero-order valence-electron chi connectivity index (χ0n) is 18.7. The molecule has 0 aromatic heterocycles. The summed E-state index contributed by atoms with van der Waals surface area (Å²) in [6, 6.07) is 21.8. The molecule has 30 heavy (non-hydrogen) atoms. The lowest BCUT2D eigenvalue weighted by Crippen LogP contribution is -2.71. The van der Waals surface area contributed by atoms with Crippen LogP contribution in [-0.4, -0.2) is 25.6 Å². The van der Waals surface area contributed by atoms with Gasteiger partial charge in [0, 0.05) is 17.9 Å². The summed E-state index contributed by atoms with van der Waals surface area (Å²) in [5.74, 6) is 0.951. The van der Waals surface area contributed by atoms with Crippen LogP contribution in [0.15, 0.2) is 60.7 Å². The Bertz CT molecular complexity index is 847. The highest BCUT2D eigenvalue weighted by atomic mass is 28.4. The van der Waals surface area contributed by atoms with E-state index in [2.05, 4.69) is 81.4 Å². The third-order valence-electron chi connectivity index (χ3n) is 8.89. The molecule has 0 aliphatic heterocycles. The van der Waals surface area contributed by atoms with Crippen molar-refractivity contribution in [2.45, 2.75) is 69.9 Å². The lowest BCUT2D eigenvalue weighted by molar-refractivity contribution is -0.240. The smallest absolute Gasteiger partial charge is 0.261 e. The van der Waals surface area contributed by atoms with Crippen molar-refractivity contribution in [2.24, 2.45) is 17.3 Å². The summed E-state index contributed by atoms with van der Waals surface area (Å²) in [7, 11) is -2.53. The average molecular weight is 421 g/mol. The first-order valence-electron chi connectivity index (χ1n) is 11.8. The maximum atomic E-state index is 11.7. The predicted molar refractivity (Wildman–Crippen MR) is 126 cm³/mol. The average Bonchev–Trinajstić information content (AvgIpc) is 3.26. The Hall–Kier alpha value is -1.42. The lowest BCUT2D eigenvalue weighted by atomic mass is 9.47. The first-order chi connectivity index (χ1) is 14.4. The van der Waals surface area contributed by atoms with Gasteiger partial charge in [-0.1, -0.05) is 87.9 Å². The van der Waals surface area contributed by atoms with Crippen LogP contribution >= 0.6 is 0 Å². The van der Waals surface area contributed by atoms with Crippen molar-refractivity contribution in [3.63, 3.8) is 0 Å². The molecule has 1 N–H and O–H groups in total. The van der Waals surface area contributed by atoms with Crippen LogP contribution in [0.5, 0.6) is 0 Å². The standard InChI is InChI=1S/C27H36O2Si/c1-25(2,3)30(21-12-6-4-7-13-21,22-14-8-5-9-15-22)29-20-24-23-16-10-17-26(23)18-11-19-27(24,26)28/h4-9,12-15,23-24,28H,10-11,16-20H2,1-3H3/t23-,24-,26+,27+/m1/s1. The lowest BCUT2D eigenvalue weighted by Gasteiger charge is -2.62. The molecule has 0 bridgehead atoms. The molecule has 0 unspecified atom stereocenters. The highest BCUT2D eigenvalue weighted by Gasteiger charge is 2.74. The molecule has 3 saturated carbocycles. The monoisotopic (exact) mass is 420 g/mol. The molecule has 3 aliphatic carbocycles. The highest BCUT2D eigenvalue weighted by Crippen LogP contribution is 2.73. The fraction of sp³-hybridized carbons (Fsp3) is 0.556. The maximum absolute atomic E-state index is 11.7. The minimum Gasteiger partial charge on any atom is -0.407 e. The van der Waals surface area contributed by atoms with Crippen molar-refractivity contribution in [1.82, 2.24) is 0 Å². The maximum Gasteiger partial charge on any atom is 0.261 e. The summed E-state index contributed by atoms with van der Waals surface area (Å²) < 4.78 is 7.23. The van der Waals surface area contributed by atoms with Crippen LogP contribution in [0.2, 0.25) is 5.04 Å². The number of rotatable bonds is 5. The minimum atomic E-state index is -2.53. The summed E-state index contributed by atoms with van der Waals surface area (Å²) in [4.78, 5) is 0. The molecule has 2 aromatic rings. The van der Waals surface area contributed by atoms with E-state index >= 15 is 0 Å². The number of aliphatic hydroxyl groups is 1. The predicted octanol–water partition coefficient (Wildman–Crippen LogP) is 4.89. The van der Waals surface area contributed by atoms with E-state index in [1.165, 1.54) is 42.5 Å². The summed E-state index contributed by atoms with van der Waals surface area (Å²) in [5.41, 5.74) is -0.272. The van der Waals surface area contributed by atoms with Gasteiger partial charge in [-0.25, -0.2) is 0 Å². The Kier molecular flexibility index (Phi) is 4.81. The van der Waals surface area contributed by atoms with Gasteiger partial charge in [-0.3, -0.25) is 0 Å². The topological polar surface area (TPSA) is 29.5 Å². The highest BCUT2D eigenvalue weighted by molar-refractivity contribution is 6.99. The zero-order valence-corrected chi connectivity index (χ0v) is 19.7. The molecule has 2 nitrogen and oxygen atoms in total. The van der Waals surface area contributed by atoms with E-state index in [4.69, 9.17) is 4.43 Å². The molecular formula is C27H36O2Si. The number of benzene rings is 2. The fourth-order valence-electron chi connectivity index (χ4n) is 7.69. The van der Waals surface area contributed by atoms with Crippen LogP contribution in [0, 0.1) is 17.3 Å². The van der Waals surface area contributed by atoms with Crippen LogP contribution in [0.1, 0.15) is 59.3 Å². The van der Waals surface area contributed by atoms with Crippen molar-refractivity contribution < 1.29 is 9.53 Å². The van der Waals surface area contributed by atoms with E-state index < -0.39 is 13.9 Å². The van der Waals surface area contributed by atoms with E-state index in [9.17, 15) is 5.11 Å². The van der Waals surface area contributed by atoms with E-state index in [1.807, 2.05) is 0 Å². The van der Waals surface area contributed by atoms with E-state index in [0.29, 0.717) is 18.4 Å². The van der Waals surface area contributed by atoms with Crippen molar-refractivity contribution in [3.8, 4) is 0 Å². The molecule has 160 valence electrons. The molecule has 4 atom stereocenters. The SMILES string of the molecule is CC(C)(C)[Si](OC[C@@H]1[C@H]2CCC[C@]23CCC[C@]13O)(c1ccccc1)c1ccccc1. The van der Waals surface area contributed by atoms with Crippen LogP contribution in [0.4, 0.5) is 0 Å². The van der Waals surface area contributed by atoms with Gasteiger partial charge >= 0.3 is 0 Å². The third kappa shape index (κ3) is 2.61. The summed E-state index contributed by atoms with van der Waals surface area (Å²) in [5, 5.41) is 14.4. The van der Waals surface area contributed by atoms with Gasteiger partial charge < -0.3 is 9.53 Å². The Morgan fingerprint density at radius 2 is 1.47 bits per heavy atom. The second-order valence-electron chi connectivity index (χ2n) is 11.0. The second kappa shape index (κ2) is 7.05. The molecule has 1 spiro atoms. The summed E-state index contributed by atoms with van der Waals surface area (Å²) >= 11 is 0. The quantitative estimate of drug-likeness (QED) is 0.698. The van der Waals surface area contributed by atoms with Gasteiger partial charge in [-0.15, -0.1) is 0 Å². The molecule has 3 heteroatoms. The van der Waals surface area contributed by atoms with Crippen LogP contribution < -0.4 is 10.4 Å². The van der Waals surface area contributed by atoms with Gasteiger partial charge in [0.2, 0.25) is 0 Å². The van der Waals surface area contributed by atoms with Gasteiger partial charge in [0.05, 0.1) is 5.60 Å². The second-order valence-corrected chi connectivity index (χ2v) is 15.3. The van der Waals surface area contributed by atoms with Gasteiger partial charge in [-0.05, 0) is 53.4 Å². The van der Waals surface area contributed by atoms with E-state index in [-0.39, 0.29) is 10.5 Å². The zero-order chi connectivity index (χ0) is 21.0. The van der Waals surface area contributed by atoms with Crippen molar-refractivity contribution in [3.05, 3.63) is 60.7 Å². The fourth-order valence-corrected chi connectivity index (χ4v) is 12.3. The van der Waals surface area contributed by atoms with Gasteiger partial charge in [-0.2, -0.15) is 0 Å². The van der Waals surface area contributed by atoms with Crippen LogP contribution in [0.25, 0.3) is 0 Å². The Morgan fingerprint density at radius 1 is 0.900 bits per heavy atom. The third-order valence-corrected chi connectivity index (χ3v) is 13.9. The normalized spacial score (nSPS) is 33.1. The minimum absolute atomic E-state index is 0.00941. The largest absolute Gasteiger partial charge is 0.407 e. The van der Waals surface area contributed by atoms with Crippen molar-refractivity contribution in [1.29, 1.82) is 0 Å². The van der Waals surface area contributed by atoms with Gasteiger partial charge in [0.1, 0.15) is 0 Å². The van der Waals surface area contributed by atoms with E-state index in [1.54, 1.807) is 0 Å². The van der Waals surface area contributed by atoms with Gasteiger partial charge in [0.15, 0.2) is 0 Å². The van der Waals surface area contributed by atoms with Crippen LogP contribution in [0.3, 0.4) is 0 Å². The Balaban J connectivity index is 1.54. The molecule has 3 fully saturated rings. The molecule has 5 rings (SSSR count).